The van der Waals surface area contributed by atoms with Crippen molar-refractivity contribution in [1.82, 2.24) is 0 Å². The summed E-state index contributed by atoms with van der Waals surface area (Å²) in [6, 6.07) is 5.31. The number of benzene rings is 1. The van der Waals surface area contributed by atoms with E-state index >= 15 is 0 Å². The zero-order valence-electron chi connectivity index (χ0n) is 13.6. The molecule has 3 N–H and O–H groups in total. The molecule has 6 heteroatoms. The van der Waals surface area contributed by atoms with E-state index in [1.54, 1.807) is 23.9 Å². The number of nitrogens with two attached hydrogens (primary N) is 1. The highest BCUT2D eigenvalue weighted by molar-refractivity contribution is 7.99. The molecule has 1 heterocycles. The molecule has 1 fully saturated rings. The molecule has 126 valence electrons. The van der Waals surface area contributed by atoms with Gasteiger partial charge in [0.1, 0.15) is 0 Å². The molecule has 2 amide bonds. The third-order valence-electron chi connectivity index (χ3n) is 3.93. The van der Waals surface area contributed by atoms with Gasteiger partial charge in [-0.15, -0.1) is 0 Å². The first kappa shape index (κ1) is 17.7. The highest BCUT2D eigenvalue weighted by atomic mass is 32.2. The lowest BCUT2D eigenvalue weighted by Gasteiger charge is -2.30. The van der Waals surface area contributed by atoms with Gasteiger partial charge in [0.05, 0.1) is 11.4 Å². The summed E-state index contributed by atoms with van der Waals surface area (Å²) >= 11 is 1.74. The van der Waals surface area contributed by atoms with E-state index in [1.807, 2.05) is 6.07 Å². The molecule has 1 aromatic carbocycles. The first-order valence-electron chi connectivity index (χ1n) is 8.18. The van der Waals surface area contributed by atoms with E-state index in [2.05, 4.69) is 17.1 Å². The third-order valence-corrected chi connectivity index (χ3v) is 4.83. The summed E-state index contributed by atoms with van der Waals surface area (Å²) in [6.07, 6.45) is 4.01. The number of nitrogens with zero attached hydrogens (tertiary/aromatic N) is 1. The molecule has 5 nitrogen and oxygen atoms in total. The lowest BCUT2D eigenvalue weighted by atomic mass is 10.1. The summed E-state index contributed by atoms with van der Waals surface area (Å²) in [4.78, 5) is 25.8. The van der Waals surface area contributed by atoms with Gasteiger partial charge in [-0.25, -0.2) is 0 Å². The number of hydrogen-bond acceptors (Lipinski definition) is 4. The molecule has 23 heavy (non-hydrogen) atoms. The number of amides is 2. The van der Waals surface area contributed by atoms with Crippen LogP contribution in [0.3, 0.4) is 0 Å². The third kappa shape index (κ3) is 5.16. The fourth-order valence-corrected chi connectivity index (χ4v) is 3.34. The molecule has 0 bridgehead atoms. The summed E-state index contributed by atoms with van der Waals surface area (Å²) in [6.45, 7) is 4.03. The Morgan fingerprint density at radius 1 is 1.26 bits per heavy atom. The number of hydrogen-bond donors (Lipinski definition) is 2. The molecule has 1 saturated heterocycles. The van der Waals surface area contributed by atoms with Gasteiger partial charge in [-0.2, -0.15) is 11.8 Å². The van der Waals surface area contributed by atoms with Gasteiger partial charge >= 0.3 is 0 Å². The Hall–Kier alpha value is -1.69. The van der Waals surface area contributed by atoms with Crippen LogP contribution in [0.5, 0.6) is 0 Å². The van der Waals surface area contributed by atoms with Gasteiger partial charge in [-0.3, -0.25) is 9.59 Å². The van der Waals surface area contributed by atoms with Crippen molar-refractivity contribution < 1.29 is 9.59 Å². The summed E-state index contributed by atoms with van der Waals surface area (Å²) in [5, 5.41) is 2.96. The molecular weight excluding hydrogens is 310 g/mol. The number of piperidine rings is 1. The summed E-state index contributed by atoms with van der Waals surface area (Å²) in [5.74, 6) is 1.30. The Morgan fingerprint density at radius 3 is 2.65 bits per heavy atom. The minimum atomic E-state index is -0.479. The maximum atomic E-state index is 12.1. The highest BCUT2D eigenvalue weighted by Crippen LogP contribution is 2.30. The Morgan fingerprint density at radius 2 is 2.00 bits per heavy atom. The van der Waals surface area contributed by atoms with Gasteiger partial charge in [0.2, 0.25) is 11.8 Å². The van der Waals surface area contributed by atoms with Gasteiger partial charge in [0, 0.05) is 30.8 Å². The van der Waals surface area contributed by atoms with E-state index in [0.717, 1.165) is 43.1 Å². The maximum Gasteiger partial charge on any atom is 0.248 e. The molecule has 0 saturated carbocycles. The Labute approximate surface area is 142 Å². The normalized spacial score (nSPS) is 14.6. The van der Waals surface area contributed by atoms with Gasteiger partial charge in [0.15, 0.2) is 0 Å². The second kappa shape index (κ2) is 8.82. The van der Waals surface area contributed by atoms with Gasteiger partial charge in [-0.05, 0) is 43.2 Å². The molecular formula is C17H25N3O2S. The largest absolute Gasteiger partial charge is 0.370 e. The van der Waals surface area contributed by atoms with E-state index in [0.29, 0.717) is 17.7 Å². The molecule has 0 radical (unpaired) electrons. The number of rotatable bonds is 7. The number of carbonyl (C=O) groups is 2. The van der Waals surface area contributed by atoms with Crippen LogP contribution in [0.15, 0.2) is 18.2 Å². The second-order valence-electron chi connectivity index (χ2n) is 5.64. The standard InChI is InChI=1S/C17H25N3O2S/c1-2-23-11-8-16(21)19-14-12-13(17(18)22)6-7-15(14)20-9-4-3-5-10-20/h6-7,12H,2-5,8-11H2,1H3,(H2,18,22)(H,19,21). The molecule has 0 aliphatic carbocycles. The van der Waals surface area contributed by atoms with Crippen LogP contribution in [0, 0.1) is 0 Å². The zero-order valence-corrected chi connectivity index (χ0v) is 14.5. The highest BCUT2D eigenvalue weighted by Gasteiger charge is 2.17. The number of primary amides is 1. The minimum Gasteiger partial charge on any atom is -0.370 e. The van der Waals surface area contributed by atoms with Crippen LogP contribution >= 0.6 is 11.8 Å². The van der Waals surface area contributed by atoms with Crippen LogP contribution in [0.2, 0.25) is 0 Å². The van der Waals surface area contributed by atoms with Gasteiger partial charge < -0.3 is 16.0 Å². The predicted octanol–water partition coefficient (Wildman–Crippen LogP) is 2.86. The fraction of sp³-hybridized carbons (Fsp3) is 0.529. The number of carbonyl (C=O) groups excluding carboxylic acids is 2. The topological polar surface area (TPSA) is 75.4 Å². The van der Waals surface area contributed by atoms with Gasteiger partial charge in [-0.1, -0.05) is 6.92 Å². The molecule has 1 aliphatic rings. The van der Waals surface area contributed by atoms with E-state index in [-0.39, 0.29) is 5.91 Å². The smallest absolute Gasteiger partial charge is 0.248 e. The molecule has 2 rings (SSSR count). The average molecular weight is 335 g/mol. The Bertz CT molecular complexity index is 557. The average Bonchev–Trinajstić information content (AvgIpc) is 2.55. The van der Waals surface area contributed by atoms with Crippen LogP contribution in [0.4, 0.5) is 11.4 Å². The Kier molecular flexibility index (Phi) is 6.77. The zero-order chi connectivity index (χ0) is 16.7. The van der Waals surface area contributed by atoms with E-state index in [4.69, 9.17) is 5.73 Å². The van der Waals surface area contributed by atoms with E-state index in [1.165, 1.54) is 6.42 Å². The SMILES string of the molecule is CCSCCC(=O)Nc1cc(C(N)=O)ccc1N1CCCCC1. The first-order valence-corrected chi connectivity index (χ1v) is 9.33. The van der Waals surface area contributed by atoms with Crippen LogP contribution in [0.25, 0.3) is 0 Å². The summed E-state index contributed by atoms with van der Waals surface area (Å²) < 4.78 is 0. The summed E-state index contributed by atoms with van der Waals surface area (Å²) in [7, 11) is 0. The van der Waals surface area contributed by atoms with Gasteiger partial charge in [0.25, 0.3) is 0 Å². The molecule has 1 aliphatic heterocycles. The molecule has 0 aromatic heterocycles. The van der Waals surface area contributed by atoms with Crippen LogP contribution < -0.4 is 16.0 Å². The van der Waals surface area contributed by atoms with Crippen molar-refractivity contribution in [3.05, 3.63) is 23.8 Å². The number of thioether (sulfide) groups is 1. The Balaban J connectivity index is 2.16. The molecule has 1 aromatic rings. The van der Waals surface area contributed by atoms with Crippen molar-refractivity contribution in [3.8, 4) is 0 Å². The van der Waals surface area contributed by atoms with Crippen LogP contribution in [-0.2, 0) is 4.79 Å². The van der Waals surface area contributed by atoms with E-state index < -0.39 is 5.91 Å². The number of anilines is 2. The van der Waals surface area contributed by atoms with Crippen molar-refractivity contribution in [1.29, 1.82) is 0 Å². The van der Waals surface area contributed by atoms with Crippen molar-refractivity contribution >= 4 is 35.0 Å². The quantitative estimate of drug-likeness (QED) is 0.751. The number of nitrogens with one attached hydrogen (secondary N) is 1. The second-order valence-corrected chi connectivity index (χ2v) is 7.03. The van der Waals surface area contributed by atoms with Crippen LogP contribution in [0.1, 0.15) is 43.0 Å². The monoisotopic (exact) mass is 335 g/mol. The molecule has 0 unspecified atom stereocenters. The lowest BCUT2D eigenvalue weighted by molar-refractivity contribution is -0.115. The summed E-state index contributed by atoms with van der Waals surface area (Å²) in [5.41, 5.74) is 7.46. The lowest BCUT2D eigenvalue weighted by Crippen LogP contribution is -2.30. The van der Waals surface area contributed by atoms with Crippen LogP contribution in [-0.4, -0.2) is 36.4 Å². The first-order chi connectivity index (χ1) is 11.1. The minimum absolute atomic E-state index is 0.0224. The van der Waals surface area contributed by atoms with Crippen molar-refractivity contribution in [2.75, 3.05) is 34.8 Å². The molecule has 0 spiro atoms. The van der Waals surface area contributed by atoms with Crippen molar-refractivity contribution in [3.63, 3.8) is 0 Å². The van der Waals surface area contributed by atoms with E-state index in [9.17, 15) is 9.59 Å². The fourth-order valence-electron chi connectivity index (χ4n) is 2.72. The van der Waals surface area contributed by atoms with Crippen molar-refractivity contribution in [2.24, 2.45) is 5.73 Å². The maximum absolute atomic E-state index is 12.1. The van der Waals surface area contributed by atoms with Crippen molar-refractivity contribution in [2.45, 2.75) is 32.6 Å². The predicted molar refractivity (Wildman–Crippen MR) is 97.3 cm³/mol. The molecule has 0 atom stereocenters.